The lowest BCUT2D eigenvalue weighted by Crippen LogP contribution is -2.01. The largest absolute Gasteiger partial charge is 0.110 e. The van der Waals surface area contributed by atoms with Gasteiger partial charge in [-0.25, -0.2) is 0 Å². The third kappa shape index (κ3) is 5.54. The van der Waals surface area contributed by atoms with Crippen LogP contribution < -0.4 is 0 Å². The standard InChI is InChI=1S/C14H18S/c1-12(10-11-14(2,3)4)15-13-8-6-5-7-9-13/h5-9,12H,1-4H3. The summed E-state index contributed by atoms with van der Waals surface area (Å²) in [5, 5.41) is 0.353. The van der Waals surface area contributed by atoms with Crippen molar-refractivity contribution in [3.05, 3.63) is 30.3 Å². The molecule has 1 heteroatoms. The minimum atomic E-state index is 0.103. The van der Waals surface area contributed by atoms with Crippen molar-refractivity contribution < 1.29 is 0 Å². The van der Waals surface area contributed by atoms with Crippen LogP contribution in [-0.2, 0) is 0 Å². The van der Waals surface area contributed by atoms with E-state index in [0.29, 0.717) is 5.25 Å². The molecule has 0 spiro atoms. The Hall–Kier alpha value is -0.870. The van der Waals surface area contributed by atoms with Crippen molar-refractivity contribution in [1.29, 1.82) is 0 Å². The normalized spacial score (nSPS) is 12.8. The van der Waals surface area contributed by atoms with E-state index in [1.54, 1.807) is 0 Å². The minimum absolute atomic E-state index is 0.103. The molecule has 15 heavy (non-hydrogen) atoms. The van der Waals surface area contributed by atoms with Gasteiger partial charge in [0.25, 0.3) is 0 Å². The molecule has 0 aliphatic heterocycles. The molecule has 1 atom stereocenters. The second-order valence-electron chi connectivity index (χ2n) is 4.59. The number of rotatable bonds is 2. The Balaban J connectivity index is 2.56. The summed E-state index contributed by atoms with van der Waals surface area (Å²) in [5.74, 6) is 6.56. The fraction of sp³-hybridized carbons (Fsp3) is 0.429. The van der Waals surface area contributed by atoms with Gasteiger partial charge in [0.1, 0.15) is 0 Å². The zero-order valence-corrected chi connectivity index (χ0v) is 10.7. The van der Waals surface area contributed by atoms with Crippen molar-refractivity contribution in [2.45, 2.75) is 37.8 Å². The SMILES string of the molecule is CC(C#CC(C)(C)C)Sc1ccccc1. The molecular formula is C14H18S. The van der Waals surface area contributed by atoms with Gasteiger partial charge in [-0.2, -0.15) is 0 Å². The van der Waals surface area contributed by atoms with Gasteiger partial charge in [0.05, 0.1) is 5.25 Å². The summed E-state index contributed by atoms with van der Waals surface area (Å²) < 4.78 is 0. The first-order chi connectivity index (χ1) is 6.97. The Bertz CT molecular complexity index is 348. The fourth-order valence-corrected chi connectivity index (χ4v) is 1.89. The highest BCUT2D eigenvalue weighted by Crippen LogP contribution is 2.22. The molecule has 0 fully saturated rings. The van der Waals surface area contributed by atoms with E-state index in [2.05, 4.69) is 63.8 Å². The van der Waals surface area contributed by atoms with Gasteiger partial charge in [0.2, 0.25) is 0 Å². The van der Waals surface area contributed by atoms with Crippen LogP contribution in [0.5, 0.6) is 0 Å². The summed E-state index contributed by atoms with van der Waals surface area (Å²) in [6.07, 6.45) is 0. The van der Waals surface area contributed by atoms with Crippen molar-refractivity contribution >= 4 is 11.8 Å². The Labute approximate surface area is 97.5 Å². The third-order valence-corrected chi connectivity index (χ3v) is 2.72. The predicted octanol–water partition coefficient (Wildman–Crippen LogP) is 4.22. The minimum Gasteiger partial charge on any atom is -0.110 e. The average Bonchev–Trinajstić information content (AvgIpc) is 2.15. The van der Waals surface area contributed by atoms with Gasteiger partial charge < -0.3 is 0 Å². The molecule has 0 aliphatic carbocycles. The van der Waals surface area contributed by atoms with Crippen LogP contribution in [0.2, 0.25) is 0 Å². The zero-order chi connectivity index (χ0) is 11.3. The third-order valence-electron chi connectivity index (χ3n) is 1.71. The van der Waals surface area contributed by atoms with Crippen molar-refractivity contribution in [3.63, 3.8) is 0 Å². The van der Waals surface area contributed by atoms with Crippen molar-refractivity contribution in [3.8, 4) is 11.8 Å². The smallest absolute Gasteiger partial charge is 0.0676 e. The van der Waals surface area contributed by atoms with E-state index in [1.807, 2.05) is 17.8 Å². The quantitative estimate of drug-likeness (QED) is 0.529. The number of thioether (sulfide) groups is 1. The molecule has 0 N–H and O–H groups in total. The first-order valence-corrected chi connectivity index (χ1v) is 6.10. The molecule has 0 saturated heterocycles. The van der Waals surface area contributed by atoms with Crippen LogP contribution in [-0.4, -0.2) is 5.25 Å². The molecule has 0 amide bonds. The summed E-state index contributed by atoms with van der Waals surface area (Å²) in [4.78, 5) is 1.29. The van der Waals surface area contributed by atoms with Crippen molar-refractivity contribution in [2.75, 3.05) is 0 Å². The molecule has 1 rings (SSSR count). The first kappa shape index (κ1) is 12.2. The van der Waals surface area contributed by atoms with Crippen molar-refractivity contribution in [1.82, 2.24) is 0 Å². The maximum absolute atomic E-state index is 3.28. The van der Waals surface area contributed by atoms with E-state index in [9.17, 15) is 0 Å². The van der Waals surface area contributed by atoms with Crippen LogP contribution in [0.25, 0.3) is 0 Å². The van der Waals surface area contributed by atoms with Crippen LogP contribution in [0.15, 0.2) is 35.2 Å². The highest BCUT2D eigenvalue weighted by Gasteiger charge is 2.05. The summed E-state index contributed by atoms with van der Waals surface area (Å²) in [6.45, 7) is 8.57. The van der Waals surface area contributed by atoms with E-state index < -0.39 is 0 Å². The lowest BCUT2D eigenvalue weighted by atomic mass is 9.98. The topological polar surface area (TPSA) is 0 Å². The lowest BCUT2D eigenvalue weighted by Gasteiger charge is -2.09. The predicted molar refractivity (Wildman–Crippen MR) is 69.0 cm³/mol. The Morgan fingerprint density at radius 1 is 1.13 bits per heavy atom. The molecular weight excluding hydrogens is 200 g/mol. The first-order valence-electron chi connectivity index (χ1n) is 5.22. The van der Waals surface area contributed by atoms with Gasteiger partial charge in [0.15, 0.2) is 0 Å². The summed E-state index contributed by atoms with van der Waals surface area (Å²) in [5.41, 5.74) is 0.103. The molecule has 1 aromatic rings. The average molecular weight is 218 g/mol. The monoisotopic (exact) mass is 218 g/mol. The molecule has 1 unspecified atom stereocenters. The fourth-order valence-electron chi connectivity index (χ4n) is 1.05. The van der Waals surface area contributed by atoms with Gasteiger partial charge in [-0.3, -0.25) is 0 Å². The van der Waals surface area contributed by atoms with Gasteiger partial charge in [-0.1, -0.05) is 30.0 Å². The van der Waals surface area contributed by atoms with Gasteiger partial charge in [0, 0.05) is 10.3 Å². The molecule has 0 bridgehead atoms. The highest BCUT2D eigenvalue weighted by atomic mass is 32.2. The molecule has 0 nitrogen and oxygen atoms in total. The molecule has 0 aliphatic rings. The number of benzene rings is 1. The van der Waals surface area contributed by atoms with Gasteiger partial charge >= 0.3 is 0 Å². The van der Waals surface area contributed by atoms with E-state index in [-0.39, 0.29) is 5.41 Å². The van der Waals surface area contributed by atoms with Crippen LogP contribution in [0, 0.1) is 17.3 Å². The van der Waals surface area contributed by atoms with Gasteiger partial charge in [-0.15, -0.1) is 11.8 Å². The Morgan fingerprint density at radius 3 is 2.27 bits per heavy atom. The van der Waals surface area contributed by atoms with Gasteiger partial charge in [-0.05, 0) is 39.8 Å². The molecule has 1 aromatic carbocycles. The number of hydrogen-bond acceptors (Lipinski definition) is 1. The van der Waals surface area contributed by atoms with Crippen molar-refractivity contribution in [2.24, 2.45) is 5.41 Å². The summed E-state index contributed by atoms with van der Waals surface area (Å²) in [7, 11) is 0. The van der Waals surface area contributed by atoms with Crippen LogP contribution in [0.4, 0.5) is 0 Å². The van der Waals surface area contributed by atoms with E-state index in [4.69, 9.17) is 0 Å². The van der Waals surface area contributed by atoms with Crippen LogP contribution in [0.1, 0.15) is 27.7 Å². The molecule has 0 radical (unpaired) electrons. The maximum atomic E-state index is 3.28. The Morgan fingerprint density at radius 2 is 1.73 bits per heavy atom. The van der Waals surface area contributed by atoms with Crippen LogP contribution in [0.3, 0.4) is 0 Å². The second-order valence-corrected chi connectivity index (χ2v) is 6.01. The Kier molecular flexibility index (Phi) is 4.29. The molecule has 0 aromatic heterocycles. The molecule has 0 saturated carbocycles. The molecule has 0 heterocycles. The number of hydrogen-bond donors (Lipinski definition) is 0. The van der Waals surface area contributed by atoms with Crippen LogP contribution >= 0.6 is 11.8 Å². The van der Waals surface area contributed by atoms with E-state index in [1.165, 1.54) is 4.90 Å². The van der Waals surface area contributed by atoms with E-state index >= 15 is 0 Å². The second kappa shape index (κ2) is 5.28. The zero-order valence-electron chi connectivity index (χ0n) is 9.87. The lowest BCUT2D eigenvalue weighted by molar-refractivity contribution is 0.570. The summed E-state index contributed by atoms with van der Waals surface area (Å²) in [6, 6.07) is 10.4. The van der Waals surface area contributed by atoms with E-state index in [0.717, 1.165) is 0 Å². The highest BCUT2D eigenvalue weighted by molar-refractivity contribution is 8.00. The summed E-state index contributed by atoms with van der Waals surface area (Å²) >= 11 is 1.81. The maximum Gasteiger partial charge on any atom is 0.0676 e. The molecule has 80 valence electrons.